The van der Waals surface area contributed by atoms with Gasteiger partial charge >= 0.3 is 0 Å². The number of hydrogen-bond acceptors (Lipinski definition) is 0. The molecule has 0 amide bonds. The lowest BCUT2D eigenvalue weighted by Crippen LogP contribution is -2.05. The smallest absolute Gasteiger partial charge is 0.0361 e. The van der Waals surface area contributed by atoms with Gasteiger partial charge in [-0.15, -0.1) is 0 Å². The zero-order valence-electron chi connectivity index (χ0n) is 17.6. The fourth-order valence-corrected chi connectivity index (χ4v) is 5.70. The van der Waals surface area contributed by atoms with E-state index in [9.17, 15) is 0 Å². The van der Waals surface area contributed by atoms with Crippen LogP contribution in [0.2, 0.25) is 0 Å². The van der Waals surface area contributed by atoms with E-state index >= 15 is 0 Å². The Hall–Kier alpha value is -3.90. The molecule has 0 fully saturated rings. The van der Waals surface area contributed by atoms with E-state index in [1.54, 1.807) is 0 Å². The van der Waals surface area contributed by atoms with E-state index in [0.29, 0.717) is 0 Å². The third-order valence-corrected chi connectivity index (χ3v) is 7.05. The van der Waals surface area contributed by atoms with Crippen LogP contribution in [0.15, 0.2) is 115 Å². The Bertz CT molecular complexity index is 1440. The highest BCUT2D eigenvalue weighted by Gasteiger charge is 2.35. The Morgan fingerprint density at radius 1 is 0.406 bits per heavy atom. The van der Waals surface area contributed by atoms with Gasteiger partial charge in [-0.1, -0.05) is 115 Å². The Kier molecular flexibility index (Phi) is 3.77. The molecule has 1 radical (unpaired) electrons. The van der Waals surface area contributed by atoms with Crippen LogP contribution in [0.5, 0.6) is 0 Å². The lowest BCUT2D eigenvalue weighted by molar-refractivity contribution is 1.01. The normalized spacial score (nSPS) is 13.4. The average Bonchev–Trinajstić information content (AvgIpc) is 3.40. The molecule has 0 nitrogen and oxygen atoms in total. The van der Waals surface area contributed by atoms with Gasteiger partial charge in [0.25, 0.3) is 0 Å². The first kappa shape index (κ1) is 17.7. The van der Waals surface area contributed by atoms with Crippen molar-refractivity contribution in [1.82, 2.24) is 0 Å². The summed E-state index contributed by atoms with van der Waals surface area (Å²) in [5.41, 5.74) is 14.9. The average molecular weight is 406 g/mol. The molecule has 7 rings (SSSR count). The van der Waals surface area contributed by atoms with Gasteiger partial charge < -0.3 is 0 Å². The zero-order chi connectivity index (χ0) is 21.1. The van der Waals surface area contributed by atoms with Crippen molar-refractivity contribution in [3.63, 3.8) is 0 Å². The maximum Gasteiger partial charge on any atom is 0.0361 e. The summed E-state index contributed by atoms with van der Waals surface area (Å²) < 4.78 is 0. The van der Waals surface area contributed by atoms with Gasteiger partial charge in [-0.3, -0.25) is 0 Å². The second-order valence-electron chi connectivity index (χ2n) is 8.69. The Morgan fingerprint density at radius 2 is 0.969 bits per heavy atom. The van der Waals surface area contributed by atoms with E-state index in [0.717, 1.165) is 0 Å². The molecule has 32 heavy (non-hydrogen) atoms. The lowest BCUT2D eigenvalue weighted by atomic mass is 9.80. The minimum atomic E-state index is 0.220. The molecule has 0 saturated heterocycles. The van der Waals surface area contributed by atoms with Crippen molar-refractivity contribution >= 4 is 0 Å². The summed E-state index contributed by atoms with van der Waals surface area (Å²) in [6, 6.07) is 42.1. The van der Waals surface area contributed by atoms with Crippen LogP contribution in [0.25, 0.3) is 33.4 Å². The monoisotopic (exact) mass is 405 g/mol. The second-order valence-corrected chi connectivity index (χ2v) is 8.69. The molecule has 2 aliphatic carbocycles. The highest BCUT2D eigenvalue weighted by Crippen LogP contribution is 2.54. The summed E-state index contributed by atoms with van der Waals surface area (Å²) in [6.07, 6.45) is 2.40. The lowest BCUT2D eigenvalue weighted by Gasteiger charge is -2.23. The molecular formula is C32H21. The van der Waals surface area contributed by atoms with Crippen LogP contribution in [0.3, 0.4) is 0 Å². The van der Waals surface area contributed by atoms with Crippen molar-refractivity contribution in [2.45, 2.75) is 5.92 Å². The number of hydrogen-bond donors (Lipinski definition) is 0. The van der Waals surface area contributed by atoms with Crippen LogP contribution in [0.4, 0.5) is 0 Å². The Balaban J connectivity index is 1.57. The molecule has 0 spiro atoms. The molecular weight excluding hydrogens is 384 g/mol. The van der Waals surface area contributed by atoms with Gasteiger partial charge in [-0.05, 0) is 61.2 Å². The van der Waals surface area contributed by atoms with Gasteiger partial charge in [0.05, 0.1) is 0 Å². The van der Waals surface area contributed by atoms with Crippen LogP contribution in [-0.4, -0.2) is 0 Å². The number of fused-ring (bicyclic) bond motifs is 6. The van der Waals surface area contributed by atoms with E-state index in [1.807, 2.05) is 0 Å². The molecule has 149 valence electrons. The van der Waals surface area contributed by atoms with E-state index < -0.39 is 0 Å². The molecule has 5 aromatic rings. The molecule has 0 aromatic heterocycles. The first-order valence-corrected chi connectivity index (χ1v) is 11.2. The van der Waals surface area contributed by atoms with Gasteiger partial charge in [0, 0.05) is 12.3 Å². The molecule has 0 heteroatoms. The van der Waals surface area contributed by atoms with Gasteiger partial charge in [-0.2, -0.15) is 0 Å². The zero-order valence-corrected chi connectivity index (χ0v) is 17.6. The van der Waals surface area contributed by atoms with E-state index in [2.05, 4.69) is 122 Å². The highest BCUT2D eigenvalue weighted by molar-refractivity contribution is 5.90. The van der Waals surface area contributed by atoms with Crippen LogP contribution in [-0.2, 0) is 0 Å². The van der Waals surface area contributed by atoms with Crippen molar-refractivity contribution in [1.29, 1.82) is 0 Å². The summed E-state index contributed by atoms with van der Waals surface area (Å²) >= 11 is 0. The predicted octanol–water partition coefficient (Wildman–Crippen LogP) is 8.10. The highest BCUT2D eigenvalue weighted by atomic mass is 14.4. The number of rotatable bonds is 2. The molecule has 0 saturated carbocycles. The van der Waals surface area contributed by atoms with Crippen LogP contribution >= 0.6 is 0 Å². The predicted molar refractivity (Wildman–Crippen MR) is 133 cm³/mol. The minimum Gasteiger partial charge on any atom is -0.0622 e. The molecule has 0 atom stereocenters. The van der Waals surface area contributed by atoms with Gasteiger partial charge in [0.15, 0.2) is 0 Å². The van der Waals surface area contributed by atoms with Crippen molar-refractivity contribution < 1.29 is 0 Å². The van der Waals surface area contributed by atoms with Crippen molar-refractivity contribution in [3.8, 4) is 33.4 Å². The molecule has 0 N–H and O–H groups in total. The summed E-state index contributed by atoms with van der Waals surface area (Å²) in [7, 11) is 0. The van der Waals surface area contributed by atoms with E-state index in [-0.39, 0.29) is 5.92 Å². The first-order valence-electron chi connectivity index (χ1n) is 11.2. The molecule has 0 unspecified atom stereocenters. The van der Waals surface area contributed by atoms with Crippen molar-refractivity contribution in [3.05, 3.63) is 149 Å². The third kappa shape index (κ3) is 2.44. The topological polar surface area (TPSA) is 0 Å². The van der Waals surface area contributed by atoms with Gasteiger partial charge in [-0.25, -0.2) is 0 Å². The fraction of sp³-hybridized carbons (Fsp3) is 0.0312. The maximum absolute atomic E-state index is 2.40. The molecule has 5 aromatic carbocycles. The van der Waals surface area contributed by atoms with Gasteiger partial charge in [0.1, 0.15) is 0 Å². The van der Waals surface area contributed by atoms with Gasteiger partial charge in [0.2, 0.25) is 0 Å². The summed E-state index contributed by atoms with van der Waals surface area (Å²) in [5, 5.41) is 0. The van der Waals surface area contributed by atoms with E-state index in [1.165, 1.54) is 61.2 Å². The second kappa shape index (κ2) is 6.80. The Labute approximate surface area is 188 Å². The van der Waals surface area contributed by atoms with Crippen molar-refractivity contribution in [2.75, 3.05) is 0 Å². The van der Waals surface area contributed by atoms with Crippen LogP contribution < -0.4 is 0 Å². The third-order valence-electron chi connectivity index (χ3n) is 7.05. The largest absolute Gasteiger partial charge is 0.0622 e. The van der Waals surface area contributed by atoms with Crippen LogP contribution in [0, 0.1) is 6.42 Å². The summed E-state index contributed by atoms with van der Waals surface area (Å²) in [6.45, 7) is 0. The standard InChI is InChI=1S/C32H21/c1-2-10-21(11-3-1)24-18-19-27-23-13-5-4-12-22(23)20-30(27)31(24)32-28-16-8-6-14-25(28)26-15-7-9-17-29(26)32/h1-20,32H. The SMILES string of the molecule is [CH]1c2ccccc2-c2ccc(-c3ccccc3)c(C3c4ccccc4-c4ccccc43)c21. The maximum atomic E-state index is 2.40. The molecule has 0 bridgehead atoms. The summed E-state index contributed by atoms with van der Waals surface area (Å²) in [5.74, 6) is 0.220. The molecule has 0 heterocycles. The molecule has 0 aliphatic heterocycles. The fourth-order valence-electron chi connectivity index (χ4n) is 5.70. The van der Waals surface area contributed by atoms with Crippen molar-refractivity contribution in [2.24, 2.45) is 0 Å². The first-order chi connectivity index (χ1) is 15.9. The quantitative estimate of drug-likeness (QED) is 0.273. The number of benzene rings is 5. The Morgan fingerprint density at radius 3 is 1.69 bits per heavy atom. The summed E-state index contributed by atoms with van der Waals surface area (Å²) in [4.78, 5) is 0. The van der Waals surface area contributed by atoms with E-state index in [4.69, 9.17) is 0 Å². The van der Waals surface area contributed by atoms with Crippen LogP contribution in [0.1, 0.15) is 33.7 Å². The molecule has 2 aliphatic rings. The minimum absolute atomic E-state index is 0.220.